The summed E-state index contributed by atoms with van der Waals surface area (Å²) in [6, 6.07) is 1.44. The zero-order valence-corrected chi connectivity index (χ0v) is 11.2. The first-order chi connectivity index (χ1) is 8.06. The lowest BCUT2D eigenvalue weighted by Gasteiger charge is -2.22. The molecular formula is C13H23N3O. The Morgan fingerprint density at radius 1 is 1.47 bits per heavy atom. The zero-order chi connectivity index (χ0) is 12.4. The van der Waals surface area contributed by atoms with Gasteiger partial charge in [0.2, 0.25) is 5.89 Å². The maximum Gasteiger partial charge on any atom is 0.211 e. The van der Waals surface area contributed by atoms with Crippen LogP contribution in [0.5, 0.6) is 0 Å². The number of oxazole rings is 1. The number of aromatic nitrogens is 1. The quantitative estimate of drug-likeness (QED) is 0.871. The van der Waals surface area contributed by atoms with E-state index in [-0.39, 0.29) is 6.04 Å². The van der Waals surface area contributed by atoms with Gasteiger partial charge in [-0.15, -0.1) is 0 Å². The molecule has 2 heterocycles. The smallest absolute Gasteiger partial charge is 0.211 e. The van der Waals surface area contributed by atoms with Crippen LogP contribution in [-0.4, -0.2) is 35.1 Å². The van der Waals surface area contributed by atoms with E-state index in [2.05, 4.69) is 36.0 Å². The summed E-state index contributed by atoms with van der Waals surface area (Å²) in [4.78, 5) is 6.75. The van der Waals surface area contributed by atoms with E-state index in [1.807, 2.05) is 6.92 Å². The number of nitrogens with one attached hydrogen (secondary N) is 1. The predicted molar refractivity (Wildman–Crippen MR) is 67.9 cm³/mol. The van der Waals surface area contributed by atoms with Gasteiger partial charge >= 0.3 is 0 Å². The van der Waals surface area contributed by atoms with Crippen LogP contribution in [-0.2, 0) is 0 Å². The van der Waals surface area contributed by atoms with Gasteiger partial charge in [0.15, 0.2) is 0 Å². The van der Waals surface area contributed by atoms with E-state index in [1.165, 1.54) is 6.42 Å². The van der Waals surface area contributed by atoms with Crippen molar-refractivity contribution in [1.29, 1.82) is 0 Å². The van der Waals surface area contributed by atoms with Gasteiger partial charge in [0.25, 0.3) is 0 Å². The molecule has 96 valence electrons. The summed E-state index contributed by atoms with van der Waals surface area (Å²) in [5.74, 6) is 1.73. The highest BCUT2D eigenvalue weighted by Crippen LogP contribution is 2.24. The van der Waals surface area contributed by atoms with Crippen molar-refractivity contribution in [2.45, 2.75) is 52.2 Å². The molecule has 2 rings (SSSR count). The Hall–Kier alpha value is -0.870. The molecule has 0 saturated carbocycles. The minimum Gasteiger partial charge on any atom is -0.444 e. The molecule has 0 aliphatic carbocycles. The first kappa shape index (κ1) is 12.6. The van der Waals surface area contributed by atoms with Crippen molar-refractivity contribution in [3.05, 3.63) is 17.8 Å². The summed E-state index contributed by atoms with van der Waals surface area (Å²) in [6.45, 7) is 10.7. The highest BCUT2D eigenvalue weighted by molar-refractivity contribution is 4.97. The van der Waals surface area contributed by atoms with Gasteiger partial charge in [-0.25, -0.2) is 4.98 Å². The van der Waals surface area contributed by atoms with Crippen molar-refractivity contribution < 1.29 is 4.42 Å². The Balaban J connectivity index is 1.92. The fourth-order valence-electron chi connectivity index (χ4n) is 2.47. The summed E-state index contributed by atoms with van der Waals surface area (Å²) in [5, 5.41) is 3.59. The first-order valence-electron chi connectivity index (χ1n) is 6.48. The van der Waals surface area contributed by atoms with Crippen molar-refractivity contribution in [2.24, 2.45) is 0 Å². The largest absolute Gasteiger partial charge is 0.444 e. The summed E-state index contributed by atoms with van der Waals surface area (Å²) in [7, 11) is 0. The number of nitrogens with zero attached hydrogens (tertiary/aromatic N) is 2. The molecule has 1 aromatic rings. The minimum atomic E-state index is 0.280. The van der Waals surface area contributed by atoms with Crippen molar-refractivity contribution >= 4 is 0 Å². The fourth-order valence-corrected chi connectivity index (χ4v) is 2.47. The van der Waals surface area contributed by atoms with Crippen LogP contribution in [0.2, 0.25) is 0 Å². The van der Waals surface area contributed by atoms with Crippen LogP contribution in [0, 0.1) is 6.92 Å². The monoisotopic (exact) mass is 237 g/mol. The van der Waals surface area contributed by atoms with Gasteiger partial charge in [-0.1, -0.05) is 13.8 Å². The maximum absolute atomic E-state index is 5.60. The average molecular weight is 237 g/mol. The third-order valence-electron chi connectivity index (χ3n) is 3.33. The average Bonchev–Trinajstić information content (AvgIpc) is 2.85. The molecular weight excluding hydrogens is 214 g/mol. The molecule has 4 heteroatoms. The second-order valence-corrected chi connectivity index (χ2v) is 5.29. The van der Waals surface area contributed by atoms with E-state index in [0.717, 1.165) is 24.7 Å². The van der Waals surface area contributed by atoms with E-state index in [1.54, 1.807) is 6.20 Å². The van der Waals surface area contributed by atoms with Crippen LogP contribution in [0.25, 0.3) is 0 Å². The molecule has 0 aromatic carbocycles. The number of aryl methyl sites for hydroxylation is 1. The second kappa shape index (κ2) is 5.19. The molecule has 0 bridgehead atoms. The van der Waals surface area contributed by atoms with Crippen LogP contribution in [0.4, 0.5) is 0 Å². The molecule has 4 nitrogen and oxygen atoms in total. The summed E-state index contributed by atoms with van der Waals surface area (Å²) < 4.78 is 5.60. The van der Waals surface area contributed by atoms with Crippen molar-refractivity contribution in [2.75, 3.05) is 13.1 Å². The SMILES string of the molecule is Cc1cnc(C(C)N2CCC(NC(C)C)C2)o1. The number of rotatable bonds is 4. The van der Waals surface area contributed by atoms with E-state index >= 15 is 0 Å². The van der Waals surface area contributed by atoms with Gasteiger partial charge in [-0.05, 0) is 20.3 Å². The Kier molecular flexibility index (Phi) is 3.84. The van der Waals surface area contributed by atoms with Gasteiger partial charge in [0.05, 0.1) is 12.2 Å². The van der Waals surface area contributed by atoms with E-state index in [0.29, 0.717) is 12.1 Å². The lowest BCUT2D eigenvalue weighted by atomic mass is 10.2. The highest BCUT2D eigenvalue weighted by atomic mass is 16.4. The van der Waals surface area contributed by atoms with E-state index in [4.69, 9.17) is 4.42 Å². The molecule has 2 atom stereocenters. The summed E-state index contributed by atoms with van der Waals surface area (Å²) in [5.41, 5.74) is 0. The number of hydrogen-bond donors (Lipinski definition) is 1. The molecule has 17 heavy (non-hydrogen) atoms. The van der Waals surface area contributed by atoms with Gasteiger partial charge in [-0.2, -0.15) is 0 Å². The van der Waals surface area contributed by atoms with Crippen LogP contribution in [0.15, 0.2) is 10.6 Å². The topological polar surface area (TPSA) is 41.3 Å². The lowest BCUT2D eigenvalue weighted by molar-refractivity contribution is 0.217. The third-order valence-corrected chi connectivity index (χ3v) is 3.33. The second-order valence-electron chi connectivity index (χ2n) is 5.29. The molecule has 1 saturated heterocycles. The molecule has 1 fully saturated rings. The minimum absolute atomic E-state index is 0.280. The Morgan fingerprint density at radius 2 is 2.24 bits per heavy atom. The Bertz CT molecular complexity index is 361. The van der Waals surface area contributed by atoms with E-state index in [9.17, 15) is 0 Å². The molecule has 2 unspecified atom stereocenters. The maximum atomic E-state index is 5.60. The van der Waals surface area contributed by atoms with Gasteiger partial charge in [0, 0.05) is 25.2 Å². The number of hydrogen-bond acceptors (Lipinski definition) is 4. The third kappa shape index (κ3) is 3.07. The first-order valence-corrected chi connectivity index (χ1v) is 6.48. The van der Waals surface area contributed by atoms with E-state index < -0.39 is 0 Å². The summed E-state index contributed by atoms with van der Waals surface area (Å²) in [6.07, 6.45) is 3.01. The van der Waals surface area contributed by atoms with Gasteiger partial charge in [-0.3, -0.25) is 4.90 Å². The highest BCUT2D eigenvalue weighted by Gasteiger charge is 2.28. The van der Waals surface area contributed by atoms with Crippen LogP contribution in [0.1, 0.15) is 44.9 Å². The number of likely N-dealkylation sites (tertiary alicyclic amines) is 1. The molecule has 1 N–H and O–H groups in total. The van der Waals surface area contributed by atoms with Crippen LogP contribution < -0.4 is 5.32 Å². The molecule has 0 spiro atoms. The van der Waals surface area contributed by atoms with Crippen LogP contribution >= 0.6 is 0 Å². The van der Waals surface area contributed by atoms with Gasteiger partial charge in [0.1, 0.15) is 5.76 Å². The Labute approximate surface area is 103 Å². The predicted octanol–water partition coefficient (Wildman–Crippen LogP) is 2.12. The van der Waals surface area contributed by atoms with Crippen molar-refractivity contribution in [3.63, 3.8) is 0 Å². The zero-order valence-electron chi connectivity index (χ0n) is 11.2. The molecule has 1 aromatic heterocycles. The fraction of sp³-hybridized carbons (Fsp3) is 0.769. The Morgan fingerprint density at radius 3 is 2.82 bits per heavy atom. The van der Waals surface area contributed by atoms with Crippen molar-refractivity contribution in [3.8, 4) is 0 Å². The standard InChI is InChI=1S/C13H23N3O/c1-9(2)15-12-5-6-16(8-12)11(4)13-14-7-10(3)17-13/h7,9,11-12,15H,5-6,8H2,1-4H3. The summed E-state index contributed by atoms with van der Waals surface area (Å²) >= 11 is 0. The lowest BCUT2D eigenvalue weighted by Crippen LogP contribution is -2.37. The normalized spacial score (nSPS) is 23.5. The van der Waals surface area contributed by atoms with Crippen molar-refractivity contribution in [1.82, 2.24) is 15.2 Å². The molecule has 0 amide bonds. The molecule has 1 aliphatic rings. The molecule has 1 aliphatic heterocycles. The van der Waals surface area contributed by atoms with Crippen LogP contribution in [0.3, 0.4) is 0 Å². The molecule has 0 radical (unpaired) electrons. The van der Waals surface area contributed by atoms with Gasteiger partial charge < -0.3 is 9.73 Å².